The molecule has 1 aromatic heterocycles. The molecule has 6 heteroatoms. The van der Waals surface area contributed by atoms with Gasteiger partial charge in [0, 0.05) is 17.0 Å². The number of nitrogens with zero attached hydrogens (tertiary/aromatic N) is 3. The van der Waals surface area contributed by atoms with Gasteiger partial charge in [0.1, 0.15) is 12.4 Å². The van der Waals surface area contributed by atoms with Gasteiger partial charge < -0.3 is 4.74 Å². The van der Waals surface area contributed by atoms with E-state index in [1.165, 1.54) is 4.68 Å². The summed E-state index contributed by atoms with van der Waals surface area (Å²) in [6.45, 7) is 1.56. The van der Waals surface area contributed by atoms with Crippen molar-refractivity contribution in [1.29, 1.82) is 0 Å². The Hall–Kier alpha value is -2.37. The van der Waals surface area contributed by atoms with Crippen LogP contribution in [0.1, 0.15) is 0 Å². The molecule has 0 aliphatic rings. The van der Waals surface area contributed by atoms with Crippen molar-refractivity contribution < 1.29 is 4.74 Å². The minimum atomic E-state index is -0.0873. The molecule has 5 nitrogen and oxygen atoms in total. The standard InChI is InChI=1S/C18H18ClN3O2/c1-21(9-10-24-16-7-4-6-15(19)11-16)13-22-18(23)17-8-3-2-5-14(17)12-20-22/h2-8,11-12H,9-10,13H2,1H3. The molecule has 0 unspecified atom stereocenters. The topological polar surface area (TPSA) is 47.4 Å². The maximum atomic E-state index is 12.4. The molecule has 0 fully saturated rings. The summed E-state index contributed by atoms with van der Waals surface area (Å²) in [7, 11) is 1.92. The van der Waals surface area contributed by atoms with Gasteiger partial charge in [-0.05, 0) is 31.3 Å². The van der Waals surface area contributed by atoms with Crippen molar-refractivity contribution in [2.24, 2.45) is 0 Å². The minimum Gasteiger partial charge on any atom is -0.492 e. The van der Waals surface area contributed by atoms with Crippen LogP contribution in [-0.4, -0.2) is 34.9 Å². The molecule has 0 aliphatic carbocycles. The van der Waals surface area contributed by atoms with Crippen LogP contribution in [-0.2, 0) is 6.67 Å². The second-order valence-electron chi connectivity index (χ2n) is 5.56. The van der Waals surface area contributed by atoms with Crippen LogP contribution < -0.4 is 10.3 Å². The van der Waals surface area contributed by atoms with Crippen LogP contribution in [0.3, 0.4) is 0 Å². The Balaban J connectivity index is 1.60. The average Bonchev–Trinajstić information content (AvgIpc) is 2.58. The number of hydrogen-bond acceptors (Lipinski definition) is 4. The fraction of sp³-hybridized carbons (Fsp3) is 0.222. The fourth-order valence-electron chi connectivity index (χ4n) is 2.40. The predicted octanol–water partition coefficient (Wildman–Crippen LogP) is 3.02. The van der Waals surface area contributed by atoms with Gasteiger partial charge in [0.15, 0.2) is 0 Å². The number of ether oxygens (including phenoxy) is 1. The Bertz CT molecular complexity index is 895. The molecule has 0 bridgehead atoms. The van der Waals surface area contributed by atoms with Crippen LogP contribution >= 0.6 is 11.6 Å². The van der Waals surface area contributed by atoms with E-state index in [1.807, 2.05) is 48.3 Å². The van der Waals surface area contributed by atoms with Gasteiger partial charge in [-0.15, -0.1) is 0 Å². The lowest BCUT2D eigenvalue weighted by molar-refractivity contribution is 0.196. The van der Waals surface area contributed by atoms with E-state index in [9.17, 15) is 4.79 Å². The maximum absolute atomic E-state index is 12.4. The summed E-state index contributed by atoms with van der Waals surface area (Å²) in [5.74, 6) is 0.733. The Morgan fingerprint density at radius 2 is 2.04 bits per heavy atom. The second kappa shape index (κ2) is 7.47. The monoisotopic (exact) mass is 343 g/mol. The number of rotatable bonds is 6. The summed E-state index contributed by atoms with van der Waals surface area (Å²) in [6, 6.07) is 14.7. The molecule has 0 N–H and O–H groups in total. The second-order valence-corrected chi connectivity index (χ2v) is 6.00. The van der Waals surface area contributed by atoms with Gasteiger partial charge in [-0.2, -0.15) is 5.10 Å². The van der Waals surface area contributed by atoms with E-state index in [1.54, 1.807) is 18.3 Å². The van der Waals surface area contributed by atoms with E-state index in [4.69, 9.17) is 16.3 Å². The normalized spacial score (nSPS) is 11.1. The third kappa shape index (κ3) is 3.93. The summed E-state index contributed by atoms with van der Waals surface area (Å²) in [4.78, 5) is 14.4. The number of hydrogen-bond donors (Lipinski definition) is 0. The number of aromatic nitrogens is 2. The van der Waals surface area contributed by atoms with Crippen LogP contribution in [0.4, 0.5) is 0 Å². The van der Waals surface area contributed by atoms with Crippen LogP contribution in [0, 0.1) is 0 Å². The maximum Gasteiger partial charge on any atom is 0.275 e. The number of benzene rings is 2. The highest BCUT2D eigenvalue weighted by Gasteiger charge is 2.06. The number of halogens is 1. The molecule has 0 radical (unpaired) electrons. The van der Waals surface area contributed by atoms with Crippen molar-refractivity contribution in [2.75, 3.05) is 20.2 Å². The van der Waals surface area contributed by atoms with Gasteiger partial charge in [-0.25, -0.2) is 4.68 Å². The van der Waals surface area contributed by atoms with E-state index >= 15 is 0 Å². The van der Waals surface area contributed by atoms with Crippen LogP contribution in [0.2, 0.25) is 5.02 Å². The van der Waals surface area contributed by atoms with Crippen LogP contribution in [0.15, 0.2) is 59.5 Å². The molecule has 0 saturated carbocycles. The van der Waals surface area contributed by atoms with Crippen molar-refractivity contribution in [3.63, 3.8) is 0 Å². The summed E-state index contributed by atoms with van der Waals surface area (Å²) >= 11 is 5.92. The first kappa shape index (κ1) is 16.5. The van der Waals surface area contributed by atoms with Gasteiger partial charge in [-0.3, -0.25) is 9.69 Å². The van der Waals surface area contributed by atoms with Crippen LogP contribution in [0.5, 0.6) is 5.75 Å². The molecule has 3 rings (SSSR count). The molecule has 0 aliphatic heterocycles. The zero-order valence-electron chi connectivity index (χ0n) is 13.4. The van der Waals surface area contributed by atoms with Gasteiger partial charge >= 0.3 is 0 Å². The number of likely N-dealkylation sites (N-methyl/N-ethyl adjacent to an activating group) is 1. The first-order valence-electron chi connectivity index (χ1n) is 7.65. The Labute approximate surface area is 145 Å². The van der Waals surface area contributed by atoms with E-state index in [2.05, 4.69) is 5.10 Å². The summed E-state index contributed by atoms with van der Waals surface area (Å²) in [5.41, 5.74) is -0.0873. The van der Waals surface area contributed by atoms with E-state index in [0.29, 0.717) is 30.2 Å². The molecular weight excluding hydrogens is 326 g/mol. The van der Waals surface area contributed by atoms with Crippen molar-refractivity contribution >= 4 is 22.4 Å². The highest BCUT2D eigenvalue weighted by molar-refractivity contribution is 6.30. The third-order valence-corrected chi connectivity index (χ3v) is 3.91. The Morgan fingerprint density at radius 1 is 1.21 bits per heavy atom. The molecule has 2 aromatic carbocycles. The van der Waals surface area contributed by atoms with Crippen molar-refractivity contribution in [1.82, 2.24) is 14.7 Å². The molecule has 0 spiro atoms. The highest BCUT2D eigenvalue weighted by atomic mass is 35.5. The molecule has 3 aromatic rings. The lowest BCUT2D eigenvalue weighted by atomic mass is 10.2. The Kier molecular flexibility index (Phi) is 5.13. The lowest BCUT2D eigenvalue weighted by Gasteiger charge is -2.17. The molecule has 0 saturated heterocycles. The molecule has 124 valence electrons. The number of fused-ring (bicyclic) bond motifs is 1. The fourth-order valence-corrected chi connectivity index (χ4v) is 2.58. The summed E-state index contributed by atoms with van der Waals surface area (Å²) in [6.07, 6.45) is 1.72. The van der Waals surface area contributed by atoms with Crippen molar-refractivity contribution in [2.45, 2.75) is 6.67 Å². The first-order chi connectivity index (χ1) is 11.6. The molecule has 24 heavy (non-hydrogen) atoms. The highest BCUT2D eigenvalue weighted by Crippen LogP contribution is 2.16. The van der Waals surface area contributed by atoms with Gasteiger partial charge in [-0.1, -0.05) is 35.9 Å². The minimum absolute atomic E-state index is 0.0873. The van der Waals surface area contributed by atoms with Gasteiger partial charge in [0.05, 0.1) is 18.3 Å². The SMILES string of the molecule is CN(CCOc1cccc(Cl)c1)Cn1ncc2ccccc2c1=O. The first-order valence-corrected chi connectivity index (χ1v) is 8.03. The molecule has 0 atom stereocenters. The van der Waals surface area contributed by atoms with E-state index in [-0.39, 0.29) is 5.56 Å². The Morgan fingerprint density at radius 3 is 2.88 bits per heavy atom. The van der Waals surface area contributed by atoms with E-state index < -0.39 is 0 Å². The van der Waals surface area contributed by atoms with E-state index in [0.717, 1.165) is 11.1 Å². The van der Waals surface area contributed by atoms with Crippen LogP contribution in [0.25, 0.3) is 10.8 Å². The van der Waals surface area contributed by atoms with Crippen molar-refractivity contribution in [3.05, 3.63) is 70.1 Å². The summed E-state index contributed by atoms with van der Waals surface area (Å²) < 4.78 is 7.12. The predicted molar refractivity (Wildman–Crippen MR) is 95.6 cm³/mol. The lowest BCUT2D eigenvalue weighted by Crippen LogP contribution is -2.33. The van der Waals surface area contributed by atoms with Gasteiger partial charge in [0.25, 0.3) is 5.56 Å². The summed E-state index contributed by atoms with van der Waals surface area (Å²) in [5, 5.41) is 6.40. The molecular formula is C18H18ClN3O2. The van der Waals surface area contributed by atoms with Crippen molar-refractivity contribution in [3.8, 4) is 5.75 Å². The molecule has 0 amide bonds. The molecule has 1 heterocycles. The zero-order valence-corrected chi connectivity index (χ0v) is 14.1. The largest absolute Gasteiger partial charge is 0.492 e. The zero-order chi connectivity index (χ0) is 16.9. The average molecular weight is 344 g/mol. The quantitative estimate of drug-likeness (QED) is 0.690. The van der Waals surface area contributed by atoms with Gasteiger partial charge in [0.2, 0.25) is 0 Å². The smallest absolute Gasteiger partial charge is 0.275 e. The third-order valence-electron chi connectivity index (χ3n) is 3.68.